The smallest absolute Gasteiger partial charge is 0.00951 e. The predicted octanol–water partition coefficient (Wildman–Crippen LogP) is 2.02. The Balaban J connectivity index is 1.79. The van der Waals surface area contributed by atoms with E-state index in [4.69, 9.17) is 0 Å². The van der Waals surface area contributed by atoms with Crippen LogP contribution in [0.5, 0.6) is 0 Å². The summed E-state index contributed by atoms with van der Waals surface area (Å²) in [6.45, 7) is 0. The van der Waals surface area contributed by atoms with Gasteiger partial charge in [-0.1, -0.05) is 12.8 Å². The summed E-state index contributed by atoms with van der Waals surface area (Å²) >= 11 is 0. The largest absolute Gasteiger partial charge is 0.300 e. The normalized spacial score (nSPS) is 28.2. The minimum absolute atomic E-state index is 0.963. The van der Waals surface area contributed by atoms with E-state index in [0.29, 0.717) is 0 Å². The molecule has 0 aliphatic heterocycles. The van der Waals surface area contributed by atoms with E-state index in [9.17, 15) is 0 Å². The Morgan fingerprint density at radius 3 is 1.50 bits per heavy atom. The molecular formula is C9H17N. The third-order valence-corrected chi connectivity index (χ3v) is 3.30. The minimum atomic E-state index is 0.963. The molecule has 0 atom stereocenters. The lowest BCUT2D eigenvalue weighted by atomic mass is 9.85. The molecule has 2 saturated carbocycles. The molecule has 1 heteroatoms. The summed E-state index contributed by atoms with van der Waals surface area (Å²) in [6.07, 6.45) is 8.81. The summed E-state index contributed by atoms with van der Waals surface area (Å²) in [4.78, 5) is 2.62. The Morgan fingerprint density at radius 1 is 0.900 bits per heavy atom. The Bertz CT molecular complexity index is 99.9. The lowest BCUT2D eigenvalue weighted by molar-refractivity contribution is 0.0673. The van der Waals surface area contributed by atoms with Gasteiger partial charge in [0.1, 0.15) is 0 Å². The van der Waals surface area contributed by atoms with Crippen molar-refractivity contribution in [2.24, 2.45) is 0 Å². The maximum atomic E-state index is 2.62. The van der Waals surface area contributed by atoms with Crippen LogP contribution in [0.1, 0.15) is 38.5 Å². The molecular weight excluding hydrogens is 122 g/mol. The van der Waals surface area contributed by atoms with Crippen LogP contribution in [0.15, 0.2) is 0 Å². The number of hydrogen-bond acceptors (Lipinski definition) is 1. The summed E-state index contributed by atoms with van der Waals surface area (Å²) in [5, 5.41) is 0. The highest BCUT2D eigenvalue weighted by molar-refractivity contribution is 4.86. The zero-order chi connectivity index (χ0) is 6.97. The highest BCUT2D eigenvalue weighted by atomic mass is 15.2. The second-order valence-corrected chi connectivity index (χ2v) is 3.83. The highest BCUT2D eigenvalue weighted by Crippen LogP contribution is 2.31. The second kappa shape index (κ2) is 2.54. The van der Waals surface area contributed by atoms with Gasteiger partial charge in [0.2, 0.25) is 0 Å². The Morgan fingerprint density at radius 2 is 1.30 bits per heavy atom. The van der Waals surface area contributed by atoms with Crippen molar-refractivity contribution < 1.29 is 0 Å². The highest BCUT2D eigenvalue weighted by Gasteiger charge is 2.30. The van der Waals surface area contributed by atoms with Gasteiger partial charge in [-0.15, -0.1) is 0 Å². The van der Waals surface area contributed by atoms with Crippen molar-refractivity contribution in [2.45, 2.75) is 50.6 Å². The number of rotatable bonds is 2. The molecule has 0 radical (unpaired) electrons. The van der Waals surface area contributed by atoms with Crippen LogP contribution in [-0.2, 0) is 0 Å². The molecule has 0 aromatic rings. The molecule has 10 heavy (non-hydrogen) atoms. The third kappa shape index (κ3) is 0.968. The van der Waals surface area contributed by atoms with Crippen LogP contribution in [-0.4, -0.2) is 24.0 Å². The maximum absolute atomic E-state index is 2.62. The van der Waals surface area contributed by atoms with Gasteiger partial charge in [0, 0.05) is 12.1 Å². The lowest BCUT2D eigenvalue weighted by Crippen LogP contribution is -2.46. The predicted molar refractivity (Wildman–Crippen MR) is 43.0 cm³/mol. The molecule has 0 aromatic carbocycles. The summed E-state index contributed by atoms with van der Waals surface area (Å²) in [7, 11) is 2.31. The van der Waals surface area contributed by atoms with E-state index in [0.717, 1.165) is 12.1 Å². The molecule has 0 heterocycles. The molecule has 2 aliphatic rings. The molecule has 0 aromatic heterocycles. The van der Waals surface area contributed by atoms with Crippen LogP contribution < -0.4 is 0 Å². The summed E-state index contributed by atoms with van der Waals surface area (Å²) in [5.41, 5.74) is 0. The van der Waals surface area contributed by atoms with Crippen molar-refractivity contribution >= 4 is 0 Å². The van der Waals surface area contributed by atoms with Crippen molar-refractivity contribution in [1.29, 1.82) is 0 Å². The van der Waals surface area contributed by atoms with Gasteiger partial charge >= 0.3 is 0 Å². The fourth-order valence-corrected chi connectivity index (χ4v) is 1.89. The van der Waals surface area contributed by atoms with E-state index in [1.807, 2.05) is 0 Å². The van der Waals surface area contributed by atoms with Crippen molar-refractivity contribution in [3.63, 3.8) is 0 Å². The van der Waals surface area contributed by atoms with Crippen LogP contribution in [0.2, 0.25) is 0 Å². The fourth-order valence-electron chi connectivity index (χ4n) is 1.89. The Labute approximate surface area is 63.4 Å². The molecule has 0 N–H and O–H groups in total. The van der Waals surface area contributed by atoms with E-state index < -0.39 is 0 Å². The zero-order valence-corrected chi connectivity index (χ0v) is 6.84. The van der Waals surface area contributed by atoms with E-state index in [2.05, 4.69) is 11.9 Å². The molecule has 0 bridgehead atoms. The molecule has 2 rings (SSSR count). The third-order valence-electron chi connectivity index (χ3n) is 3.30. The fraction of sp³-hybridized carbons (Fsp3) is 1.00. The quantitative estimate of drug-likeness (QED) is 0.565. The first-order chi connectivity index (χ1) is 4.88. The standard InChI is InChI=1S/C9H17N/c1-10(8-4-2-5-8)9-6-3-7-9/h8-9H,2-7H2,1H3. The first-order valence-corrected chi connectivity index (χ1v) is 4.60. The van der Waals surface area contributed by atoms with Crippen molar-refractivity contribution in [2.75, 3.05) is 7.05 Å². The van der Waals surface area contributed by atoms with Crippen LogP contribution in [0.3, 0.4) is 0 Å². The van der Waals surface area contributed by atoms with Gasteiger partial charge in [0.15, 0.2) is 0 Å². The molecule has 2 fully saturated rings. The van der Waals surface area contributed by atoms with Gasteiger partial charge in [-0.05, 0) is 32.7 Å². The second-order valence-electron chi connectivity index (χ2n) is 3.83. The van der Waals surface area contributed by atoms with Gasteiger partial charge in [0.25, 0.3) is 0 Å². The number of hydrogen-bond donors (Lipinski definition) is 0. The maximum Gasteiger partial charge on any atom is 0.00951 e. The zero-order valence-electron chi connectivity index (χ0n) is 6.84. The molecule has 0 saturated heterocycles. The first-order valence-electron chi connectivity index (χ1n) is 4.60. The van der Waals surface area contributed by atoms with E-state index in [1.54, 1.807) is 0 Å². The summed E-state index contributed by atoms with van der Waals surface area (Å²) in [6, 6.07) is 1.93. The first kappa shape index (κ1) is 6.66. The molecule has 1 nitrogen and oxygen atoms in total. The van der Waals surface area contributed by atoms with E-state index >= 15 is 0 Å². The van der Waals surface area contributed by atoms with Gasteiger partial charge in [-0.25, -0.2) is 0 Å². The van der Waals surface area contributed by atoms with Crippen LogP contribution >= 0.6 is 0 Å². The van der Waals surface area contributed by atoms with E-state index in [-0.39, 0.29) is 0 Å². The molecule has 0 amide bonds. The SMILES string of the molecule is CN(C1CCC1)C1CCC1. The van der Waals surface area contributed by atoms with Crippen molar-refractivity contribution in [1.82, 2.24) is 4.90 Å². The molecule has 0 unspecified atom stereocenters. The topological polar surface area (TPSA) is 3.24 Å². The Kier molecular flexibility index (Phi) is 1.69. The van der Waals surface area contributed by atoms with Gasteiger partial charge in [-0.2, -0.15) is 0 Å². The molecule has 2 aliphatic carbocycles. The molecule has 58 valence electrons. The average Bonchev–Trinajstić information content (AvgIpc) is 1.52. The lowest BCUT2D eigenvalue weighted by Gasteiger charge is -2.43. The summed E-state index contributed by atoms with van der Waals surface area (Å²) < 4.78 is 0. The van der Waals surface area contributed by atoms with Crippen molar-refractivity contribution in [3.8, 4) is 0 Å². The van der Waals surface area contributed by atoms with Gasteiger partial charge in [0.05, 0.1) is 0 Å². The van der Waals surface area contributed by atoms with Gasteiger partial charge < -0.3 is 4.90 Å². The monoisotopic (exact) mass is 139 g/mol. The van der Waals surface area contributed by atoms with Crippen molar-refractivity contribution in [3.05, 3.63) is 0 Å². The average molecular weight is 139 g/mol. The van der Waals surface area contributed by atoms with Crippen LogP contribution in [0, 0.1) is 0 Å². The minimum Gasteiger partial charge on any atom is -0.300 e. The van der Waals surface area contributed by atoms with Gasteiger partial charge in [-0.3, -0.25) is 0 Å². The van der Waals surface area contributed by atoms with Crippen LogP contribution in [0.4, 0.5) is 0 Å². The van der Waals surface area contributed by atoms with Crippen LogP contribution in [0.25, 0.3) is 0 Å². The number of nitrogens with zero attached hydrogens (tertiary/aromatic N) is 1. The molecule has 0 spiro atoms. The summed E-state index contributed by atoms with van der Waals surface area (Å²) in [5.74, 6) is 0. The van der Waals surface area contributed by atoms with E-state index in [1.165, 1.54) is 38.5 Å². The Hall–Kier alpha value is -0.0400.